The minimum atomic E-state index is -0.371. The van der Waals surface area contributed by atoms with Gasteiger partial charge in [-0.25, -0.2) is 0 Å². The molecule has 0 aromatic heterocycles. The Morgan fingerprint density at radius 3 is 2.58 bits per heavy atom. The second-order valence-corrected chi connectivity index (χ2v) is 4.73. The molecule has 1 fully saturated rings. The minimum absolute atomic E-state index is 0.0497. The van der Waals surface area contributed by atoms with Crippen LogP contribution in [0.15, 0.2) is 24.3 Å². The van der Waals surface area contributed by atoms with E-state index >= 15 is 0 Å². The van der Waals surface area contributed by atoms with Gasteiger partial charge in [0.15, 0.2) is 0 Å². The summed E-state index contributed by atoms with van der Waals surface area (Å²) in [7, 11) is 0. The highest BCUT2D eigenvalue weighted by atomic mass is 16.2. The van der Waals surface area contributed by atoms with Gasteiger partial charge in [0.05, 0.1) is 0 Å². The molecule has 1 aromatic rings. The quantitative estimate of drug-likeness (QED) is 0.702. The van der Waals surface area contributed by atoms with E-state index in [0.29, 0.717) is 25.9 Å². The van der Waals surface area contributed by atoms with Crippen LogP contribution in [0.3, 0.4) is 0 Å². The molecule has 1 saturated heterocycles. The Morgan fingerprint density at radius 1 is 1.32 bits per heavy atom. The normalized spacial score (nSPS) is 18.2. The summed E-state index contributed by atoms with van der Waals surface area (Å²) >= 11 is 0. The van der Waals surface area contributed by atoms with E-state index in [1.807, 2.05) is 24.3 Å². The van der Waals surface area contributed by atoms with E-state index in [9.17, 15) is 9.59 Å². The summed E-state index contributed by atoms with van der Waals surface area (Å²) in [6.07, 6.45) is 1.88. The summed E-state index contributed by atoms with van der Waals surface area (Å²) < 4.78 is 0. The molecule has 4 N–H and O–H groups in total. The Kier molecular flexibility index (Phi) is 4.52. The van der Waals surface area contributed by atoms with E-state index in [1.54, 1.807) is 0 Å². The number of carbonyl (C=O) groups is 2. The third-order valence-corrected chi connectivity index (χ3v) is 3.23. The van der Waals surface area contributed by atoms with Gasteiger partial charge in [-0.15, -0.1) is 0 Å². The summed E-state index contributed by atoms with van der Waals surface area (Å²) in [5.74, 6) is -0.164. The lowest BCUT2D eigenvalue weighted by atomic mass is 10.1. The van der Waals surface area contributed by atoms with Crippen molar-refractivity contribution in [3.8, 4) is 0 Å². The molecule has 102 valence electrons. The zero-order valence-corrected chi connectivity index (χ0v) is 10.8. The molecule has 1 heterocycles. The second kappa shape index (κ2) is 6.33. The average Bonchev–Trinajstić information content (AvgIpc) is 2.85. The molecular formula is C14H19N3O2. The SMILES string of the molecule is NCCc1ccc(CNC(=O)[C@@H]2CCC(=O)N2)cc1. The lowest BCUT2D eigenvalue weighted by Crippen LogP contribution is -2.41. The Labute approximate surface area is 112 Å². The van der Waals surface area contributed by atoms with Crippen LogP contribution in [0.5, 0.6) is 0 Å². The van der Waals surface area contributed by atoms with Crippen LogP contribution in [0.25, 0.3) is 0 Å². The molecule has 1 aromatic carbocycles. The van der Waals surface area contributed by atoms with E-state index in [-0.39, 0.29) is 17.9 Å². The lowest BCUT2D eigenvalue weighted by Gasteiger charge is -2.11. The topological polar surface area (TPSA) is 84.2 Å². The van der Waals surface area contributed by atoms with Gasteiger partial charge in [0.2, 0.25) is 11.8 Å². The van der Waals surface area contributed by atoms with Crippen LogP contribution >= 0.6 is 0 Å². The van der Waals surface area contributed by atoms with Crippen LogP contribution in [-0.2, 0) is 22.6 Å². The van der Waals surface area contributed by atoms with Crippen molar-refractivity contribution in [1.82, 2.24) is 10.6 Å². The second-order valence-electron chi connectivity index (χ2n) is 4.73. The first kappa shape index (κ1) is 13.5. The minimum Gasteiger partial charge on any atom is -0.350 e. The van der Waals surface area contributed by atoms with Crippen molar-refractivity contribution >= 4 is 11.8 Å². The van der Waals surface area contributed by atoms with Crippen LogP contribution in [-0.4, -0.2) is 24.4 Å². The molecular weight excluding hydrogens is 242 g/mol. The van der Waals surface area contributed by atoms with Crippen molar-refractivity contribution in [3.63, 3.8) is 0 Å². The molecule has 0 radical (unpaired) electrons. The molecule has 0 unspecified atom stereocenters. The highest BCUT2D eigenvalue weighted by Gasteiger charge is 2.26. The number of carbonyl (C=O) groups excluding carboxylic acids is 2. The summed E-state index contributed by atoms with van der Waals surface area (Å²) in [5, 5.41) is 5.49. The van der Waals surface area contributed by atoms with E-state index in [2.05, 4.69) is 10.6 Å². The van der Waals surface area contributed by atoms with E-state index < -0.39 is 0 Å². The third kappa shape index (κ3) is 3.79. The zero-order valence-electron chi connectivity index (χ0n) is 10.8. The Hall–Kier alpha value is -1.88. The summed E-state index contributed by atoms with van der Waals surface area (Å²) in [6.45, 7) is 1.12. The fourth-order valence-electron chi connectivity index (χ4n) is 2.11. The fraction of sp³-hybridized carbons (Fsp3) is 0.429. The van der Waals surface area contributed by atoms with Gasteiger partial charge in [0.1, 0.15) is 6.04 Å². The van der Waals surface area contributed by atoms with Gasteiger partial charge in [-0.2, -0.15) is 0 Å². The molecule has 2 amide bonds. The molecule has 5 heteroatoms. The van der Waals surface area contributed by atoms with E-state index in [1.165, 1.54) is 5.56 Å². The number of nitrogens with two attached hydrogens (primary N) is 1. The van der Waals surface area contributed by atoms with Gasteiger partial charge in [-0.1, -0.05) is 24.3 Å². The molecule has 0 saturated carbocycles. The number of hydrogen-bond donors (Lipinski definition) is 3. The average molecular weight is 261 g/mol. The first-order chi connectivity index (χ1) is 9.19. The molecule has 5 nitrogen and oxygen atoms in total. The van der Waals surface area contributed by atoms with Crippen molar-refractivity contribution in [2.75, 3.05) is 6.54 Å². The summed E-state index contributed by atoms with van der Waals surface area (Å²) in [4.78, 5) is 22.8. The van der Waals surface area contributed by atoms with Crippen molar-refractivity contribution in [1.29, 1.82) is 0 Å². The number of benzene rings is 1. The Bertz CT molecular complexity index is 456. The Balaban J connectivity index is 1.81. The van der Waals surface area contributed by atoms with Gasteiger partial charge in [0, 0.05) is 13.0 Å². The van der Waals surface area contributed by atoms with Gasteiger partial charge < -0.3 is 16.4 Å². The van der Waals surface area contributed by atoms with Crippen LogP contribution in [0.4, 0.5) is 0 Å². The van der Waals surface area contributed by atoms with Gasteiger partial charge in [-0.05, 0) is 30.5 Å². The van der Waals surface area contributed by atoms with Crippen molar-refractivity contribution in [2.24, 2.45) is 5.73 Å². The molecule has 1 atom stereocenters. The number of amides is 2. The maximum Gasteiger partial charge on any atom is 0.242 e. The highest BCUT2D eigenvalue weighted by molar-refractivity contribution is 5.90. The number of hydrogen-bond acceptors (Lipinski definition) is 3. The van der Waals surface area contributed by atoms with Crippen LogP contribution in [0, 0.1) is 0 Å². The first-order valence-corrected chi connectivity index (χ1v) is 6.54. The van der Waals surface area contributed by atoms with E-state index in [4.69, 9.17) is 5.73 Å². The first-order valence-electron chi connectivity index (χ1n) is 6.54. The standard InChI is InChI=1S/C14H19N3O2/c15-8-7-10-1-3-11(4-2-10)9-16-14(19)12-5-6-13(18)17-12/h1-4,12H,5-9,15H2,(H,16,19)(H,17,18)/t12-/m0/s1. The van der Waals surface area contributed by atoms with Crippen molar-refractivity contribution < 1.29 is 9.59 Å². The molecule has 0 spiro atoms. The maximum atomic E-state index is 11.8. The monoisotopic (exact) mass is 261 g/mol. The maximum absolute atomic E-state index is 11.8. The largest absolute Gasteiger partial charge is 0.350 e. The van der Waals surface area contributed by atoms with Gasteiger partial charge in [-0.3, -0.25) is 9.59 Å². The molecule has 0 bridgehead atoms. The van der Waals surface area contributed by atoms with Gasteiger partial charge >= 0.3 is 0 Å². The number of rotatable bonds is 5. The smallest absolute Gasteiger partial charge is 0.242 e. The number of nitrogens with one attached hydrogen (secondary N) is 2. The molecule has 0 aliphatic carbocycles. The zero-order chi connectivity index (χ0) is 13.7. The highest BCUT2D eigenvalue weighted by Crippen LogP contribution is 2.08. The molecule has 19 heavy (non-hydrogen) atoms. The molecule has 2 rings (SSSR count). The molecule has 1 aliphatic heterocycles. The third-order valence-electron chi connectivity index (χ3n) is 3.23. The summed E-state index contributed by atoms with van der Waals surface area (Å²) in [6, 6.07) is 7.64. The fourth-order valence-corrected chi connectivity index (χ4v) is 2.11. The van der Waals surface area contributed by atoms with Gasteiger partial charge in [0.25, 0.3) is 0 Å². The Morgan fingerprint density at radius 2 is 2.00 bits per heavy atom. The van der Waals surface area contributed by atoms with Crippen molar-refractivity contribution in [2.45, 2.75) is 31.8 Å². The van der Waals surface area contributed by atoms with Crippen molar-refractivity contribution in [3.05, 3.63) is 35.4 Å². The van der Waals surface area contributed by atoms with Crippen LogP contribution < -0.4 is 16.4 Å². The van der Waals surface area contributed by atoms with E-state index in [0.717, 1.165) is 12.0 Å². The van der Waals surface area contributed by atoms with Crippen LogP contribution in [0.1, 0.15) is 24.0 Å². The lowest BCUT2D eigenvalue weighted by molar-refractivity contribution is -0.125. The molecule has 1 aliphatic rings. The summed E-state index contributed by atoms with van der Waals surface area (Å²) in [5.41, 5.74) is 7.72. The predicted octanol–water partition coefficient (Wildman–Crippen LogP) is 0.0826. The predicted molar refractivity (Wildman–Crippen MR) is 72.2 cm³/mol. The van der Waals surface area contributed by atoms with Crippen LogP contribution in [0.2, 0.25) is 0 Å².